The van der Waals surface area contributed by atoms with Gasteiger partial charge in [-0.1, -0.05) is 38.1 Å². The Morgan fingerprint density at radius 3 is 2.79 bits per heavy atom. The Labute approximate surface area is 116 Å². The van der Waals surface area contributed by atoms with Crippen molar-refractivity contribution in [2.24, 2.45) is 5.92 Å². The van der Waals surface area contributed by atoms with Crippen LogP contribution >= 0.6 is 0 Å². The predicted octanol–water partition coefficient (Wildman–Crippen LogP) is 2.21. The fraction of sp³-hybridized carbons (Fsp3) is 0.562. The van der Waals surface area contributed by atoms with E-state index in [2.05, 4.69) is 34.5 Å². The first-order valence-electron chi connectivity index (χ1n) is 7.23. The number of carbonyl (C=O) groups excluding carboxylic acids is 1. The minimum atomic E-state index is 0.0851. The second-order valence-corrected chi connectivity index (χ2v) is 5.59. The highest BCUT2D eigenvalue weighted by Gasteiger charge is 2.15. The number of nitrogens with one attached hydrogen (secondary N) is 1. The number of hydrogen-bond acceptors (Lipinski definition) is 2. The van der Waals surface area contributed by atoms with E-state index in [4.69, 9.17) is 0 Å². The van der Waals surface area contributed by atoms with Gasteiger partial charge < -0.3 is 5.32 Å². The molecule has 3 nitrogen and oxygen atoms in total. The summed E-state index contributed by atoms with van der Waals surface area (Å²) in [6.07, 6.45) is 2.18. The van der Waals surface area contributed by atoms with Crippen molar-refractivity contribution in [3.63, 3.8) is 0 Å². The molecule has 0 radical (unpaired) electrons. The first kappa shape index (κ1) is 14.1. The largest absolute Gasteiger partial charge is 0.356 e. The van der Waals surface area contributed by atoms with E-state index >= 15 is 0 Å². The van der Waals surface area contributed by atoms with E-state index < -0.39 is 0 Å². The van der Waals surface area contributed by atoms with Crippen molar-refractivity contribution in [3.8, 4) is 0 Å². The lowest BCUT2D eigenvalue weighted by atomic mass is 10.00. The molecule has 19 heavy (non-hydrogen) atoms. The van der Waals surface area contributed by atoms with Crippen LogP contribution in [0.4, 0.5) is 0 Å². The van der Waals surface area contributed by atoms with Crippen molar-refractivity contribution in [2.75, 3.05) is 19.6 Å². The molecule has 0 saturated carbocycles. The van der Waals surface area contributed by atoms with E-state index in [1.807, 2.05) is 13.8 Å². The summed E-state index contributed by atoms with van der Waals surface area (Å²) in [5.74, 6) is 0.242. The maximum Gasteiger partial charge on any atom is 0.222 e. The molecule has 1 aliphatic rings. The summed E-state index contributed by atoms with van der Waals surface area (Å²) in [7, 11) is 0. The summed E-state index contributed by atoms with van der Waals surface area (Å²) in [6.45, 7) is 7.89. The number of fused-ring (bicyclic) bond motifs is 1. The van der Waals surface area contributed by atoms with Crippen LogP contribution in [0.25, 0.3) is 0 Å². The van der Waals surface area contributed by atoms with Gasteiger partial charge >= 0.3 is 0 Å². The molecule has 0 saturated heterocycles. The van der Waals surface area contributed by atoms with Crippen molar-refractivity contribution < 1.29 is 4.79 Å². The van der Waals surface area contributed by atoms with Crippen molar-refractivity contribution in [1.29, 1.82) is 0 Å². The third-order valence-electron chi connectivity index (χ3n) is 3.68. The summed E-state index contributed by atoms with van der Waals surface area (Å²) in [5.41, 5.74) is 2.95. The van der Waals surface area contributed by atoms with E-state index in [-0.39, 0.29) is 11.8 Å². The Morgan fingerprint density at radius 1 is 1.32 bits per heavy atom. The van der Waals surface area contributed by atoms with Gasteiger partial charge in [-0.25, -0.2) is 0 Å². The van der Waals surface area contributed by atoms with Crippen molar-refractivity contribution >= 4 is 5.91 Å². The molecule has 1 amide bonds. The fourth-order valence-electron chi connectivity index (χ4n) is 2.46. The molecule has 0 bridgehead atoms. The van der Waals surface area contributed by atoms with Crippen molar-refractivity contribution in [2.45, 2.75) is 33.2 Å². The molecule has 0 fully saturated rings. The summed E-state index contributed by atoms with van der Waals surface area (Å²) in [5, 5.41) is 2.98. The topological polar surface area (TPSA) is 32.3 Å². The molecule has 104 valence electrons. The first-order valence-corrected chi connectivity index (χ1v) is 7.23. The van der Waals surface area contributed by atoms with E-state index in [1.54, 1.807) is 0 Å². The Morgan fingerprint density at radius 2 is 2.05 bits per heavy atom. The number of hydrogen-bond donors (Lipinski definition) is 1. The van der Waals surface area contributed by atoms with E-state index in [9.17, 15) is 4.79 Å². The molecule has 0 aliphatic carbocycles. The summed E-state index contributed by atoms with van der Waals surface area (Å²) < 4.78 is 0. The van der Waals surface area contributed by atoms with Gasteiger partial charge in [-0.05, 0) is 24.0 Å². The van der Waals surface area contributed by atoms with Gasteiger partial charge in [0.25, 0.3) is 0 Å². The monoisotopic (exact) mass is 260 g/mol. The number of nitrogens with zero attached hydrogens (tertiary/aromatic N) is 1. The first-order chi connectivity index (χ1) is 9.16. The molecule has 3 heteroatoms. The molecule has 0 aromatic heterocycles. The van der Waals surface area contributed by atoms with Crippen LogP contribution in [0.3, 0.4) is 0 Å². The molecular formula is C16H24N2O. The molecule has 0 spiro atoms. The molecule has 0 atom stereocenters. The molecule has 1 aromatic rings. The second kappa shape index (κ2) is 6.71. The van der Waals surface area contributed by atoms with Crippen LogP contribution < -0.4 is 5.32 Å². The van der Waals surface area contributed by atoms with Gasteiger partial charge in [-0.2, -0.15) is 0 Å². The minimum Gasteiger partial charge on any atom is -0.356 e. The van der Waals surface area contributed by atoms with Gasteiger partial charge in [0, 0.05) is 32.1 Å². The lowest BCUT2D eigenvalue weighted by Crippen LogP contribution is -2.34. The van der Waals surface area contributed by atoms with Crippen LogP contribution in [0.2, 0.25) is 0 Å². The third kappa shape index (κ3) is 4.06. The highest BCUT2D eigenvalue weighted by Crippen LogP contribution is 2.18. The Balaban J connectivity index is 1.70. The van der Waals surface area contributed by atoms with Crippen LogP contribution in [-0.2, 0) is 17.8 Å². The van der Waals surface area contributed by atoms with E-state index in [0.717, 1.165) is 39.0 Å². The molecule has 1 aliphatic heterocycles. The fourth-order valence-corrected chi connectivity index (χ4v) is 2.46. The smallest absolute Gasteiger partial charge is 0.222 e. The molecule has 1 N–H and O–H groups in total. The van der Waals surface area contributed by atoms with Gasteiger partial charge in [0.15, 0.2) is 0 Å². The quantitative estimate of drug-likeness (QED) is 0.823. The Bertz CT molecular complexity index is 429. The van der Waals surface area contributed by atoms with Gasteiger partial charge in [-0.15, -0.1) is 0 Å². The van der Waals surface area contributed by atoms with Gasteiger partial charge in [0.1, 0.15) is 0 Å². The zero-order valence-electron chi connectivity index (χ0n) is 12.0. The maximum absolute atomic E-state index is 11.4. The lowest BCUT2D eigenvalue weighted by Gasteiger charge is -2.28. The number of carbonyl (C=O) groups is 1. The van der Waals surface area contributed by atoms with Crippen LogP contribution in [0, 0.1) is 5.92 Å². The average Bonchev–Trinajstić information content (AvgIpc) is 2.43. The highest BCUT2D eigenvalue weighted by atomic mass is 16.1. The SMILES string of the molecule is CC(C)C(=O)NCCCN1CCc2ccccc2C1. The standard InChI is InChI=1S/C16H24N2O/c1-13(2)16(19)17-9-5-10-18-11-8-14-6-3-4-7-15(14)12-18/h3-4,6-7,13H,5,8-12H2,1-2H3,(H,17,19). The zero-order chi connectivity index (χ0) is 13.7. The van der Waals surface area contributed by atoms with Crippen LogP contribution in [0.1, 0.15) is 31.4 Å². The number of benzene rings is 1. The van der Waals surface area contributed by atoms with Gasteiger partial charge in [-0.3, -0.25) is 9.69 Å². The lowest BCUT2D eigenvalue weighted by molar-refractivity contribution is -0.123. The average molecular weight is 260 g/mol. The predicted molar refractivity (Wildman–Crippen MR) is 77.9 cm³/mol. The number of amides is 1. The summed E-state index contributed by atoms with van der Waals surface area (Å²) in [4.78, 5) is 13.9. The zero-order valence-corrected chi connectivity index (χ0v) is 12.0. The maximum atomic E-state index is 11.4. The van der Waals surface area contributed by atoms with E-state index in [1.165, 1.54) is 11.1 Å². The Hall–Kier alpha value is -1.35. The Kier molecular flexibility index (Phi) is 4.97. The van der Waals surface area contributed by atoms with Crippen molar-refractivity contribution in [3.05, 3.63) is 35.4 Å². The van der Waals surface area contributed by atoms with Crippen LogP contribution in [-0.4, -0.2) is 30.4 Å². The van der Waals surface area contributed by atoms with Gasteiger partial charge in [0.05, 0.1) is 0 Å². The number of rotatable bonds is 5. The minimum absolute atomic E-state index is 0.0851. The van der Waals surface area contributed by atoms with Crippen molar-refractivity contribution in [1.82, 2.24) is 10.2 Å². The second-order valence-electron chi connectivity index (χ2n) is 5.59. The highest BCUT2D eigenvalue weighted by molar-refractivity contribution is 5.77. The van der Waals surface area contributed by atoms with Gasteiger partial charge in [0.2, 0.25) is 5.91 Å². The summed E-state index contributed by atoms with van der Waals surface area (Å²) >= 11 is 0. The normalized spacial score (nSPS) is 15.3. The summed E-state index contributed by atoms with van der Waals surface area (Å²) in [6, 6.07) is 8.69. The van der Waals surface area contributed by atoms with E-state index in [0.29, 0.717) is 0 Å². The molecular weight excluding hydrogens is 236 g/mol. The molecule has 2 rings (SSSR count). The molecule has 1 aromatic carbocycles. The molecule has 0 unspecified atom stereocenters. The van der Waals surface area contributed by atoms with Crippen LogP contribution in [0.5, 0.6) is 0 Å². The third-order valence-corrected chi connectivity index (χ3v) is 3.68. The molecule has 1 heterocycles. The van der Waals surface area contributed by atoms with Crippen LogP contribution in [0.15, 0.2) is 24.3 Å².